The summed E-state index contributed by atoms with van der Waals surface area (Å²) in [6.45, 7) is 3.56. The van der Waals surface area contributed by atoms with Crippen LogP contribution in [0.5, 0.6) is 5.75 Å². The third-order valence-electron chi connectivity index (χ3n) is 5.84. The molecule has 27 heavy (non-hydrogen) atoms. The van der Waals surface area contributed by atoms with E-state index in [0.29, 0.717) is 37.1 Å². The van der Waals surface area contributed by atoms with Crippen LogP contribution >= 0.6 is 11.6 Å². The Morgan fingerprint density at radius 1 is 1.30 bits per heavy atom. The van der Waals surface area contributed by atoms with Crippen molar-refractivity contribution in [3.8, 4) is 5.75 Å². The lowest BCUT2D eigenvalue weighted by atomic mass is 9.73. The van der Waals surface area contributed by atoms with E-state index in [4.69, 9.17) is 25.8 Å². The van der Waals surface area contributed by atoms with Gasteiger partial charge in [0.25, 0.3) is 0 Å². The normalized spacial score (nSPS) is 22.2. The molecule has 0 saturated carbocycles. The third kappa shape index (κ3) is 5.37. The number of rotatable bonds is 7. The second-order valence-electron chi connectivity index (χ2n) is 7.64. The standard InChI is InChI=1S/C21H30ClNO4/c1-25-19-6-5-17(22)13-18(19)21(8-11-26-12-9-21)15-23-20(24)7-4-16-3-2-10-27-14-16/h5-6,13,16H,2-4,7-12,14-15H2,1H3,(H,23,24). The molecule has 1 N–H and O–H groups in total. The van der Waals surface area contributed by atoms with Crippen LogP contribution in [-0.2, 0) is 19.7 Å². The largest absolute Gasteiger partial charge is 0.496 e. The highest BCUT2D eigenvalue weighted by molar-refractivity contribution is 6.30. The average molecular weight is 396 g/mol. The molecule has 1 atom stereocenters. The van der Waals surface area contributed by atoms with E-state index < -0.39 is 0 Å². The monoisotopic (exact) mass is 395 g/mol. The van der Waals surface area contributed by atoms with Crippen molar-refractivity contribution in [2.24, 2.45) is 5.92 Å². The number of amides is 1. The van der Waals surface area contributed by atoms with Crippen molar-refractivity contribution >= 4 is 17.5 Å². The summed E-state index contributed by atoms with van der Waals surface area (Å²) in [7, 11) is 1.67. The minimum Gasteiger partial charge on any atom is -0.496 e. The zero-order chi connectivity index (χ0) is 19.1. The molecular formula is C21H30ClNO4. The van der Waals surface area contributed by atoms with Crippen LogP contribution in [0.15, 0.2) is 18.2 Å². The molecule has 0 spiro atoms. The third-order valence-corrected chi connectivity index (χ3v) is 6.08. The lowest BCUT2D eigenvalue weighted by Crippen LogP contribution is -2.45. The Labute approximate surface area is 166 Å². The SMILES string of the molecule is COc1ccc(Cl)cc1C1(CNC(=O)CCC2CCCOC2)CCOCC1. The van der Waals surface area contributed by atoms with Gasteiger partial charge in [-0.1, -0.05) is 11.6 Å². The van der Waals surface area contributed by atoms with Gasteiger partial charge in [0.15, 0.2) is 0 Å². The Hall–Kier alpha value is -1.30. The van der Waals surface area contributed by atoms with Crippen LogP contribution in [0.25, 0.3) is 0 Å². The van der Waals surface area contributed by atoms with Crippen molar-refractivity contribution in [3.05, 3.63) is 28.8 Å². The molecule has 1 aromatic carbocycles. The number of halogens is 1. The Morgan fingerprint density at radius 2 is 2.11 bits per heavy atom. The van der Waals surface area contributed by atoms with Crippen LogP contribution in [0.4, 0.5) is 0 Å². The van der Waals surface area contributed by atoms with E-state index in [0.717, 1.165) is 56.6 Å². The molecule has 2 aliphatic rings. The summed E-state index contributed by atoms with van der Waals surface area (Å²) in [5.41, 5.74) is 0.847. The van der Waals surface area contributed by atoms with Crippen molar-refractivity contribution in [1.82, 2.24) is 5.32 Å². The van der Waals surface area contributed by atoms with Gasteiger partial charge >= 0.3 is 0 Å². The number of carbonyl (C=O) groups excluding carboxylic acids is 1. The zero-order valence-corrected chi connectivity index (χ0v) is 16.9. The molecule has 2 heterocycles. The number of hydrogen-bond donors (Lipinski definition) is 1. The molecule has 2 saturated heterocycles. The lowest BCUT2D eigenvalue weighted by molar-refractivity contribution is -0.122. The minimum atomic E-state index is -0.210. The smallest absolute Gasteiger partial charge is 0.220 e. The summed E-state index contributed by atoms with van der Waals surface area (Å²) in [4.78, 5) is 12.5. The van der Waals surface area contributed by atoms with Crippen LogP contribution in [-0.4, -0.2) is 46.0 Å². The molecular weight excluding hydrogens is 366 g/mol. The van der Waals surface area contributed by atoms with E-state index >= 15 is 0 Å². The minimum absolute atomic E-state index is 0.104. The van der Waals surface area contributed by atoms with Gasteiger partial charge in [-0.2, -0.15) is 0 Å². The first kappa shape index (κ1) is 20.4. The number of carbonyl (C=O) groups is 1. The van der Waals surface area contributed by atoms with Gasteiger partial charge in [-0.05, 0) is 56.2 Å². The highest BCUT2D eigenvalue weighted by Gasteiger charge is 2.37. The van der Waals surface area contributed by atoms with Crippen LogP contribution < -0.4 is 10.1 Å². The van der Waals surface area contributed by atoms with E-state index in [1.807, 2.05) is 18.2 Å². The summed E-state index contributed by atoms with van der Waals surface area (Å²) >= 11 is 6.27. The fourth-order valence-corrected chi connectivity index (χ4v) is 4.30. The van der Waals surface area contributed by atoms with Gasteiger partial charge < -0.3 is 19.5 Å². The van der Waals surface area contributed by atoms with Crippen molar-refractivity contribution < 1.29 is 19.0 Å². The van der Waals surface area contributed by atoms with Crippen LogP contribution in [0.2, 0.25) is 5.02 Å². The Balaban J connectivity index is 1.64. The van der Waals surface area contributed by atoms with Crippen LogP contribution in [0.1, 0.15) is 44.1 Å². The quantitative estimate of drug-likeness (QED) is 0.764. The molecule has 6 heteroatoms. The molecule has 1 amide bonds. The van der Waals surface area contributed by atoms with E-state index in [2.05, 4.69) is 5.32 Å². The first-order valence-corrected chi connectivity index (χ1v) is 10.3. The maximum absolute atomic E-state index is 12.5. The second-order valence-corrected chi connectivity index (χ2v) is 8.07. The van der Waals surface area contributed by atoms with Crippen LogP contribution in [0, 0.1) is 5.92 Å². The Bertz CT molecular complexity index is 625. The molecule has 2 fully saturated rings. The fourth-order valence-electron chi connectivity index (χ4n) is 4.12. The maximum atomic E-state index is 12.5. The molecule has 0 bridgehead atoms. The van der Waals surface area contributed by atoms with Gasteiger partial charge in [-0.3, -0.25) is 4.79 Å². The molecule has 1 aromatic rings. The van der Waals surface area contributed by atoms with Gasteiger partial charge in [0.05, 0.1) is 7.11 Å². The van der Waals surface area contributed by atoms with E-state index in [-0.39, 0.29) is 11.3 Å². The van der Waals surface area contributed by atoms with Crippen LogP contribution in [0.3, 0.4) is 0 Å². The van der Waals surface area contributed by atoms with E-state index in [9.17, 15) is 4.79 Å². The summed E-state index contributed by atoms with van der Waals surface area (Å²) in [6, 6.07) is 5.71. The molecule has 1 unspecified atom stereocenters. The van der Waals surface area contributed by atoms with Gasteiger partial charge in [-0.15, -0.1) is 0 Å². The Kier molecular flexibility index (Phi) is 7.39. The predicted octanol–water partition coefficient (Wildman–Crippen LogP) is 3.72. The molecule has 3 rings (SSSR count). The van der Waals surface area contributed by atoms with Crippen molar-refractivity contribution in [3.63, 3.8) is 0 Å². The number of hydrogen-bond acceptors (Lipinski definition) is 4. The van der Waals surface area contributed by atoms with Gasteiger partial charge in [-0.25, -0.2) is 0 Å². The number of benzene rings is 1. The maximum Gasteiger partial charge on any atom is 0.220 e. The van der Waals surface area contributed by atoms with E-state index in [1.54, 1.807) is 7.11 Å². The van der Waals surface area contributed by atoms with Gasteiger partial charge in [0, 0.05) is 55.4 Å². The molecule has 150 valence electrons. The summed E-state index contributed by atoms with van der Waals surface area (Å²) in [6.07, 6.45) is 5.37. The number of methoxy groups -OCH3 is 1. The second kappa shape index (κ2) is 9.76. The summed E-state index contributed by atoms with van der Waals surface area (Å²) in [5, 5.41) is 3.85. The topological polar surface area (TPSA) is 56.8 Å². The fraction of sp³-hybridized carbons (Fsp3) is 0.667. The highest BCUT2D eigenvalue weighted by atomic mass is 35.5. The molecule has 0 aromatic heterocycles. The first-order valence-electron chi connectivity index (χ1n) is 9.89. The predicted molar refractivity (Wildman–Crippen MR) is 106 cm³/mol. The average Bonchev–Trinajstić information content (AvgIpc) is 2.72. The summed E-state index contributed by atoms with van der Waals surface area (Å²) in [5.74, 6) is 1.43. The molecule has 0 radical (unpaired) electrons. The van der Waals surface area contributed by atoms with Crippen molar-refractivity contribution in [1.29, 1.82) is 0 Å². The number of nitrogens with one attached hydrogen (secondary N) is 1. The van der Waals surface area contributed by atoms with Gasteiger partial charge in [0.2, 0.25) is 5.91 Å². The first-order chi connectivity index (χ1) is 13.1. The van der Waals surface area contributed by atoms with Gasteiger partial charge in [0.1, 0.15) is 5.75 Å². The van der Waals surface area contributed by atoms with Crippen molar-refractivity contribution in [2.45, 2.75) is 43.9 Å². The molecule has 2 aliphatic heterocycles. The highest BCUT2D eigenvalue weighted by Crippen LogP contribution is 2.40. The zero-order valence-electron chi connectivity index (χ0n) is 16.1. The molecule has 5 nitrogen and oxygen atoms in total. The Morgan fingerprint density at radius 3 is 2.81 bits per heavy atom. The summed E-state index contributed by atoms with van der Waals surface area (Å²) < 4.78 is 16.7. The van der Waals surface area contributed by atoms with E-state index in [1.165, 1.54) is 0 Å². The number of ether oxygens (including phenoxy) is 3. The lowest BCUT2D eigenvalue weighted by Gasteiger charge is -2.38. The molecule has 0 aliphatic carbocycles. The van der Waals surface area contributed by atoms with Crippen molar-refractivity contribution in [2.75, 3.05) is 40.1 Å².